The van der Waals surface area contributed by atoms with Crippen LogP contribution >= 0.6 is 11.8 Å². The lowest BCUT2D eigenvalue weighted by Crippen LogP contribution is -2.40. The summed E-state index contributed by atoms with van der Waals surface area (Å²) in [6.45, 7) is 11.0. The van der Waals surface area contributed by atoms with Crippen molar-refractivity contribution in [3.8, 4) is 0 Å². The Bertz CT molecular complexity index is 1010. The lowest BCUT2D eigenvalue weighted by molar-refractivity contribution is -0.150. The zero-order valence-electron chi connectivity index (χ0n) is 19.4. The molecule has 0 saturated heterocycles. The maximum Gasteiger partial charge on any atom is 0.338 e. The fourth-order valence-electron chi connectivity index (χ4n) is 3.55. The average molecular weight is 460 g/mol. The van der Waals surface area contributed by atoms with Crippen LogP contribution in [0.1, 0.15) is 66.0 Å². The molecule has 0 spiro atoms. The Morgan fingerprint density at radius 2 is 2.00 bits per heavy atom. The van der Waals surface area contributed by atoms with Crippen molar-refractivity contribution in [2.24, 2.45) is 4.99 Å². The maximum absolute atomic E-state index is 15.0. The number of allylic oxidation sites excluding steroid dienone is 1. The fraction of sp³-hybridized carbons (Fsp3) is 0.458. The smallest absolute Gasteiger partial charge is 0.338 e. The number of hydrogen-bond donors (Lipinski definition) is 1. The third kappa shape index (κ3) is 5.23. The molecule has 0 saturated carbocycles. The number of amides is 1. The highest BCUT2D eigenvalue weighted by Gasteiger charge is 2.42. The molecular formula is C24H30FN3O3S. The van der Waals surface area contributed by atoms with Crippen molar-refractivity contribution in [3.05, 3.63) is 58.0 Å². The van der Waals surface area contributed by atoms with Gasteiger partial charge in [0, 0.05) is 17.3 Å². The number of nitrogens with zero attached hydrogens (tertiary/aromatic N) is 2. The van der Waals surface area contributed by atoms with E-state index in [9.17, 15) is 14.0 Å². The zero-order chi connectivity index (χ0) is 23.6. The van der Waals surface area contributed by atoms with Crippen LogP contribution in [0.3, 0.4) is 0 Å². The average Bonchev–Trinajstić information content (AvgIpc) is 3.07. The van der Waals surface area contributed by atoms with Crippen molar-refractivity contribution in [2.45, 2.75) is 72.1 Å². The van der Waals surface area contributed by atoms with Crippen molar-refractivity contribution < 1.29 is 18.7 Å². The van der Waals surface area contributed by atoms with Crippen LogP contribution < -0.4 is 5.32 Å². The van der Waals surface area contributed by atoms with Crippen LogP contribution in [0.5, 0.6) is 0 Å². The number of halogens is 1. The number of fused-ring (bicyclic) bond motifs is 1. The first-order valence-electron chi connectivity index (χ1n) is 10.7. The molecule has 1 N–H and O–H groups in total. The Morgan fingerprint density at radius 1 is 1.31 bits per heavy atom. The minimum Gasteiger partial charge on any atom is -0.456 e. The Labute approximate surface area is 193 Å². The lowest BCUT2D eigenvalue weighted by Gasteiger charge is -2.37. The molecule has 172 valence electrons. The molecule has 32 heavy (non-hydrogen) atoms. The standard InChI is InChI=1S/C24H30FN3O3S/c1-7-14(2)26-19(29)12-16-13-32-23-27-15(3)20(22(30)31-24(4,5)6)21(28(16)23)17-10-8-9-11-18(17)25/h8-11,13-14,21H,7,12H2,1-6H3,(H,26,29). The highest BCUT2D eigenvalue weighted by molar-refractivity contribution is 8.16. The molecule has 1 amide bonds. The van der Waals surface area contributed by atoms with E-state index >= 15 is 0 Å². The molecular weight excluding hydrogens is 429 g/mol. The van der Waals surface area contributed by atoms with Gasteiger partial charge in [0.25, 0.3) is 0 Å². The Hall–Kier alpha value is -2.61. The van der Waals surface area contributed by atoms with Gasteiger partial charge >= 0.3 is 5.97 Å². The summed E-state index contributed by atoms with van der Waals surface area (Å²) in [6.07, 6.45) is 0.917. The first-order valence-corrected chi connectivity index (χ1v) is 11.6. The van der Waals surface area contributed by atoms with Crippen LogP contribution in [0.4, 0.5) is 4.39 Å². The second kappa shape index (κ2) is 9.48. The molecule has 2 aliphatic rings. The number of thioether (sulfide) groups is 1. The predicted octanol–water partition coefficient (Wildman–Crippen LogP) is 5.05. The first-order chi connectivity index (χ1) is 15.0. The van der Waals surface area contributed by atoms with E-state index in [0.717, 1.165) is 6.42 Å². The number of ether oxygens (including phenoxy) is 1. The van der Waals surface area contributed by atoms with Gasteiger partial charge in [-0.25, -0.2) is 14.2 Å². The van der Waals surface area contributed by atoms with Crippen LogP contribution in [0.15, 0.2) is 51.6 Å². The highest BCUT2D eigenvalue weighted by Crippen LogP contribution is 2.45. The molecule has 3 rings (SSSR count). The van der Waals surface area contributed by atoms with E-state index in [1.165, 1.54) is 17.8 Å². The van der Waals surface area contributed by atoms with Gasteiger partial charge in [-0.1, -0.05) is 36.9 Å². The molecule has 1 aromatic rings. The molecule has 2 unspecified atom stereocenters. The van der Waals surface area contributed by atoms with Gasteiger partial charge in [0.05, 0.1) is 23.7 Å². The number of nitrogens with one attached hydrogen (secondary N) is 1. The van der Waals surface area contributed by atoms with E-state index < -0.39 is 23.4 Å². The third-order valence-electron chi connectivity index (χ3n) is 5.18. The molecule has 0 aliphatic carbocycles. The summed E-state index contributed by atoms with van der Waals surface area (Å²) in [5.41, 5.74) is 1.02. The molecule has 0 radical (unpaired) electrons. The number of carbonyl (C=O) groups excluding carboxylic acids is 2. The van der Waals surface area contributed by atoms with Crippen LogP contribution in [0.25, 0.3) is 0 Å². The van der Waals surface area contributed by atoms with Gasteiger partial charge in [-0.15, -0.1) is 0 Å². The van der Waals surface area contributed by atoms with E-state index in [4.69, 9.17) is 4.74 Å². The number of esters is 1. The van der Waals surface area contributed by atoms with Gasteiger partial charge in [0.15, 0.2) is 5.17 Å². The van der Waals surface area contributed by atoms with Crippen LogP contribution in [0, 0.1) is 5.82 Å². The van der Waals surface area contributed by atoms with Crippen LogP contribution in [-0.4, -0.2) is 33.6 Å². The summed E-state index contributed by atoms with van der Waals surface area (Å²) in [4.78, 5) is 32.2. The third-order valence-corrected chi connectivity index (χ3v) is 6.07. The molecule has 2 heterocycles. The van der Waals surface area contributed by atoms with Gasteiger partial charge in [0.1, 0.15) is 11.4 Å². The molecule has 0 aromatic heterocycles. The molecule has 0 bridgehead atoms. The van der Waals surface area contributed by atoms with Gasteiger partial charge in [0.2, 0.25) is 5.91 Å². The van der Waals surface area contributed by atoms with Crippen molar-refractivity contribution in [1.82, 2.24) is 10.2 Å². The van der Waals surface area contributed by atoms with Crippen molar-refractivity contribution in [2.75, 3.05) is 0 Å². The van der Waals surface area contributed by atoms with Crippen LogP contribution in [-0.2, 0) is 14.3 Å². The molecule has 2 atom stereocenters. The summed E-state index contributed by atoms with van der Waals surface area (Å²) in [5, 5.41) is 5.41. The first kappa shape index (κ1) is 24.0. The monoisotopic (exact) mass is 459 g/mol. The van der Waals surface area contributed by atoms with E-state index in [2.05, 4.69) is 10.3 Å². The Balaban J connectivity index is 2.04. The maximum atomic E-state index is 15.0. The van der Waals surface area contributed by atoms with E-state index in [1.54, 1.807) is 50.8 Å². The molecule has 1 aromatic carbocycles. The van der Waals surface area contributed by atoms with Crippen molar-refractivity contribution >= 4 is 28.8 Å². The number of aliphatic imine (C=N–C) groups is 1. The molecule has 0 fully saturated rings. The van der Waals surface area contributed by atoms with Crippen molar-refractivity contribution in [3.63, 3.8) is 0 Å². The van der Waals surface area contributed by atoms with E-state index in [-0.39, 0.29) is 23.9 Å². The minimum atomic E-state index is -0.781. The van der Waals surface area contributed by atoms with E-state index in [0.29, 0.717) is 22.1 Å². The van der Waals surface area contributed by atoms with E-state index in [1.807, 2.05) is 19.3 Å². The van der Waals surface area contributed by atoms with Gasteiger partial charge in [-0.3, -0.25) is 4.79 Å². The zero-order valence-corrected chi connectivity index (χ0v) is 20.2. The van der Waals surface area contributed by atoms with Crippen molar-refractivity contribution in [1.29, 1.82) is 0 Å². The van der Waals surface area contributed by atoms with Gasteiger partial charge < -0.3 is 15.0 Å². The topological polar surface area (TPSA) is 71.0 Å². The second-order valence-electron chi connectivity index (χ2n) is 8.97. The summed E-state index contributed by atoms with van der Waals surface area (Å²) < 4.78 is 20.6. The largest absolute Gasteiger partial charge is 0.456 e. The Morgan fingerprint density at radius 3 is 2.62 bits per heavy atom. The number of hydrogen-bond acceptors (Lipinski definition) is 6. The molecule has 8 heteroatoms. The minimum absolute atomic E-state index is 0.0495. The number of rotatable bonds is 6. The summed E-state index contributed by atoms with van der Waals surface area (Å²) in [6, 6.07) is 5.62. The number of carbonyl (C=O) groups is 2. The SMILES string of the molecule is CCC(C)NC(=O)CC1=CSC2=NC(C)=C(C(=O)OC(C)(C)C)C(c3ccccc3F)N12. The lowest BCUT2D eigenvalue weighted by atomic mass is 9.93. The fourth-order valence-corrected chi connectivity index (χ4v) is 4.51. The quantitative estimate of drug-likeness (QED) is 0.603. The number of benzene rings is 1. The summed E-state index contributed by atoms with van der Waals surface area (Å²) in [7, 11) is 0. The van der Waals surface area contributed by atoms with Gasteiger partial charge in [-0.05, 0) is 52.5 Å². The van der Waals surface area contributed by atoms with Crippen LogP contribution in [0.2, 0.25) is 0 Å². The normalized spacial score (nSPS) is 19.2. The number of amidine groups is 1. The Kier molecular flexibility index (Phi) is 7.12. The predicted molar refractivity (Wildman–Crippen MR) is 125 cm³/mol. The molecule has 6 nitrogen and oxygen atoms in total. The van der Waals surface area contributed by atoms with Gasteiger partial charge in [-0.2, -0.15) is 0 Å². The second-order valence-corrected chi connectivity index (χ2v) is 9.81. The summed E-state index contributed by atoms with van der Waals surface area (Å²) in [5.74, 6) is -1.12. The summed E-state index contributed by atoms with van der Waals surface area (Å²) >= 11 is 1.36. The molecule has 2 aliphatic heterocycles. The highest BCUT2D eigenvalue weighted by atomic mass is 32.2.